The van der Waals surface area contributed by atoms with Gasteiger partial charge in [-0.2, -0.15) is 0 Å². The van der Waals surface area contributed by atoms with Crippen molar-refractivity contribution in [1.29, 1.82) is 0 Å². The number of nitrogens with one attached hydrogen (secondary N) is 2. The summed E-state index contributed by atoms with van der Waals surface area (Å²) in [6, 6.07) is 3.99. The monoisotopic (exact) mass is 317 g/mol. The Bertz CT molecular complexity index is 684. The van der Waals surface area contributed by atoms with E-state index in [0.717, 1.165) is 4.90 Å². The van der Waals surface area contributed by atoms with E-state index in [-0.39, 0.29) is 29.9 Å². The first-order chi connectivity index (χ1) is 11.0. The van der Waals surface area contributed by atoms with Gasteiger partial charge in [-0.1, -0.05) is 19.9 Å². The number of carbonyl (C=O) groups excluding carboxylic acids is 4. The molecule has 23 heavy (non-hydrogen) atoms. The first-order valence-corrected chi connectivity index (χ1v) is 7.57. The van der Waals surface area contributed by atoms with E-state index < -0.39 is 23.8 Å². The second kappa shape index (κ2) is 6.60. The van der Waals surface area contributed by atoms with Crippen LogP contribution in [0.2, 0.25) is 0 Å². The highest BCUT2D eigenvalue weighted by Crippen LogP contribution is 2.31. The number of imide groups is 2. The topological polar surface area (TPSA) is 95.6 Å². The molecule has 2 N–H and O–H groups in total. The number of hydrogen-bond donors (Lipinski definition) is 2. The summed E-state index contributed by atoms with van der Waals surface area (Å²) >= 11 is 0. The number of rotatable bonds is 2. The van der Waals surface area contributed by atoms with Crippen LogP contribution in [0.15, 0.2) is 18.2 Å². The number of anilines is 1. The summed E-state index contributed by atoms with van der Waals surface area (Å²) in [4.78, 5) is 49.0. The van der Waals surface area contributed by atoms with E-state index in [1.54, 1.807) is 25.2 Å². The molecule has 0 bridgehead atoms. The smallest absolute Gasteiger partial charge is 0.264 e. The SMILES string of the molecule is CC.CNc1cccc2c1C(=O)N(C1CCC(=O)NC1=O)C2=O. The van der Waals surface area contributed by atoms with Crippen molar-refractivity contribution in [3.63, 3.8) is 0 Å². The van der Waals surface area contributed by atoms with Crippen molar-refractivity contribution in [1.82, 2.24) is 10.2 Å². The molecule has 7 heteroatoms. The third-order valence-corrected chi connectivity index (χ3v) is 3.74. The molecular weight excluding hydrogens is 298 g/mol. The lowest BCUT2D eigenvalue weighted by molar-refractivity contribution is -0.136. The number of benzene rings is 1. The highest BCUT2D eigenvalue weighted by molar-refractivity contribution is 6.25. The van der Waals surface area contributed by atoms with Crippen molar-refractivity contribution in [2.75, 3.05) is 12.4 Å². The molecule has 0 spiro atoms. The molecular formula is C16H19N3O4. The first-order valence-electron chi connectivity index (χ1n) is 7.57. The van der Waals surface area contributed by atoms with Crippen LogP contribution in [0.4, 0.5) is 5.69 Å². The van der Waals surface area contributed by atoms with Crippen molar-refractivity contribution >= 4 is 29.3 Å². The molecule has 7 nitrogen and oxygen atoms in total. The Balaban J connectivity index is 0.000000924. The van der Waals surface area contributed by atoms with Gasteiger partial charge in [-0.25, -0.2) is 0 Å². The second-order valence-electron chi connectivity index (χ2n) is 4.93. The van der Waals surface area contributed by atoms with Gasteiger partial charge < -0.3 is 5.32 Å². The van der Waals surface area contributed by atoms with E-state index in [0.29, 0.717) is 5.69 Å². The van der Waals surface area contributed by atoms with Gasteiger partial charge in [-0.15, -0.1) is 0 Å². The zero-order valence-corrected chi connectivity index (χ0v) is 13.3. The molecule has 1 atom stereocenters. The minimum Gasteiger partial charge on any atom is -0.387 e. The number of nitrogens with zero attached hydrogens (tertiary/aromatic N) is 1. The summed E-state index contributed by atoms with van der Waals surface area (Å²) in [5, 5.41) is 5.03. The second-order valence-corrected chi connectivity index (χ2v) is 4.93. The van der Waals surface area contributed by atoms with Crippen LogP contribution >= 0.6 is 0 Å². The fourth-order valence-corrected chi connectivity index (χ4v) is 2.72. The van der Waals surface area contributed by atoms with Crippen LogP contribution in [-0.4, -0.2) is 41.6 Å². The molecule has 4 amide bonds. The predicted octanol–water partition coefficient (Wildman–Crippen LogP) is 1.16. The molecule has 0 radical (unpaired) electrons. The van der Waals surface area contributed by atoms with E-state index in [1.807, 2.05) is 13.8 Å². The molecule has 2 aliphatic rings. The summed E-state index contributed by atoms with van der Waals surface area (Å²) in [6.45, 7) is 4.00. The maximum absolute atomic E-state index is 12.5. The standard InChI is InChI=1S/C14H13N3O4.C2H6/c1-15-8-4-2-3-7-11(8)14(21)17(13(7)20)9-5-6-10(18)16-12(9)19;1-2/h2-4,9,15H,5-6H2,1H3,(H,16,18,19);1-2H3. The lowest BCUT2D eigenvalue weighted by atomic mass is 10.0. The molecule has 0 aliphatic carbocycles. The molecule has 1 unspecified atom stereocenters. The van der Waals surface area contributed by atoms with Crippen LogP contribution in [0.3, 0.4) is 0 Å². The van der Waals surface area contributed by atoms with Crippen LogP contribution in [0, 0.1) is 0 Å². The molecule has 0 saturated carbocycles. The zero-order chi connectivity index (χ0) is 17.1. The number of fused-ring (bicyclic) bond motifs is 1. The largest absolute Gasteiger partial charge is 0.387 e. The lowest BCUT2D eigenvalue weighted by Crippen LogP contribution is -2.54. The van der Waals surface area contributed by atoms with Crippen molar-refractivity contribution < 1.29 is 19.2 Å². The minimum atomic E-state index is -0.931. The Kier molecular flexibility index (Phi) is 4.78. The molecule has 2 aliphatic heterocycles. The first kappa shape index (κ1) is 16.7. The van der Waals surface area contributed by atoms with Gasteiger partial charge in [0.15, 0.2) is 0 Å². The quantitative estimate of drug-likeness (QED) is 0.798. The highest BCUT2D eigenvalue weighted by Gasteiger charge is 2.45. The van der Waals surface area contributed by atoms with Crippen LogP contribution < -0.4 is 10.6 Å². The van der Waals surface area contributed by atoms with Crippen molar-refractivity contribution in [2.45, 2.75) is 32.7 Å². The normalized spacial score (nSPS) is 19.8. The van der Waals surface area contributed by atoms with Gasteiger partial charge in [-0.05, 0) is 18.6 Å². The maximum atomic E-state index is 12.5. The highest BCUT2D eigenvalue weighted by atomic mass is 16.2. The number of carbonyl (C=O) groups is 4. The summed E-state index contributed by atoms with van der Waals surface area (Å²) in [6.07, 6.45) is 0.272. The Labute approximate surface area is 134 Å². The molecule has 3 rings (SSSR count). The Morgan fingerprint density at radius 1 is 1.13 bits per heavy atom. The average Bonchev–Trinajstić information content (AvgIpc) is 2.81. The summed E-state index contributed by atoms with van der Waals surface area (Å²) in [5.41, 5.74) is 1.09. The van der Waals surface area contributed by atoms with Gasteiger partial charge in [0.1, 0.15) is 6.04 Å². The summed E-state index contributed by atoms with van der Waals surface area (Å²) in [7, 11) is 1.65. The third kappa shape index (κ3) is 2.69. The minimum absolute atomic E-state index is 0.114. The van der Waals surface area contributed by atoms with E-state index >= 15 is 0 Å². The molecule has 0 aromatic heterocycles. The number of piperidine rings is 1. The van der Waals surface area contributed by atoms with E-state index in [4.69, 9.17) is 0 Å². The third-order valence-electron chi connectivity index (χ3n) is 3.74. The summed E-state index contributed by atoms with van der Waals surface area (Å²) in [5.74, 6) is -1.99. The van der Waals surface area contributed by atoms with Gasteiger partial charge in [0, 0.05) is 19.2 Å². The van der Waals surface area contributed by atoms with E-state index in [9.17, 15) is 19.2 Å². The van der Waals surface area contributed by atoms with Crippen LogP contribution in [0.1, 0.15) is 47.4 Å². The van der Waals surface area contributed by atoms with Crippen LogP contribution in [0.5, 0.6) is 0 Å². The maximum Gasteiger partial charge on any atom is 0.264 e. The molecule has 1 saturated heterocycles. The predicted molar refractivity (Wildman–Crippen MR) is 84.0 cm³/mol. The Hall–Kier alpha value is -2.70. The lowest BCUT2D eigenvalue weighted by Gasteiger charge is -2.27. The van der Waals surface area contributed by atoms with E-state index in [2.05, 4.69) is 10.6 Å². The number of hydrogen-bond acceptors (Lipinski definition) is 5. The van der Waals surface area contributed by atoms with Gasteiger partial charge >= 0.3 is 0 Å². The van der Waals surface area contributed by atoms with Crippen LogP contribution in [-0.2, 0) is 9.59 Å². The van der Waals surface area contributed by atoms with Crippen LogP contribution in [0.25, 0.3) is 0 Å². The average molecular weight is 317 g/mol. The van der Waals surface area contributed by atoms with Crippen molar-refractivity contribution in [3.8, 4) is 0 Å². The fraction of sp³-hybridized carbons (Fsp3) is 0.375. The van der Waals surface area contributed by atoms with E-state index in [1.165, 1.54) is 0 Å². The van der Waals surface area contributed by atoms with Gasteiger partial charge in [0.2, 0.25) is 11.8 Å². The molecule has 2 heterocycles. The molecule has 122 valence electrons. The molecule has 1 fully saturated rings. The Morgan fingerprint density at radius 3 is 2.43 bits per heavy atom. The van der Waals surface area contributed by atoms with Crippen molar-refractivity contribution in [2.24, 2.45) is 0 Å². The molecule has 1 aromatic carbocycles. The molecule has 1 aromatic rings. The number of amides is 4. The van der Waals surface area contributed by atoms with Gasteiger partial charge in [-0.3, -0.25) is 29.4 Å². The fourth-order valence-electron chi connectivity index (χ4n) is 2.72. The van der Waals surface area contributed by atoms with Gasteiger partial charge in [0.05, 0.1) is 11.1 Å². The van der Waals surface area contributed by atoms with Gasteiger partial charge in [0.25, 0.3) is 11.8 Å². The Morgan fingerprint density at radius 2 is 1.83 bits per heavy atom. The zero-order valence-electron chi connectivity index (χ0n) is 13.3. The summed E-state index contributed by atoms with van der Waals surface area (Å²) < 4.78 is 0. The van der Waals surface area contributed by atoms with Crippen molar-refractivity contribution in [3.05, 3.63) is 29.3 Å².